The van der Waals surface area contributed by atoms with Crippen LogP contribution < -0.4 is 11.1 Å². The number of nitrogens with two attached hydrogens (primary N) is 1. The van der Waals surface area contributed by atoms with Gasteiger partial charge in [0.2, 0.25) is 11.8 Å². The zero-order valence-corrected chi connectivity index (χ0v) is 12.0. The number of amides is 2. The van der Waals surface area contributed by atoms with Gasteiger partial charge >= 0.3 is 0 Å². The van der Waals surface area contributed by atoms with Crippen LogP contribution in [0.5, 0.6) is 0 Å². The highest BCUT2D eigenvalue weighted by atomic mass is 16.2. The second-order valence-corrected chi connectivity index (χ2v) is 5.14. The molecule has 5 nitrogen and oxygen atoms in total. The highest BCUT2D eigenvalue weighted by molar-refractivity contribution is 5.80. The van der Waals surface area contributed by atoms with Crippen LogP contribution in [0.2, 0.25) is 0 Å². The molecule has 0 aromatic heterocycles. The van der Waals surface area contributed by atoms with Crippen molar-refractivity contribution in [3.8, 4) is 0 Å². The van der Waals surface area contributed by atoms with Crippen molar-refractivity contribution in [3.05, 3.63) is 0 Å². The molecular weight excluding hydrogens is 230 g/mol. The molecule has 0 saturated carbocycles. The van der Waals surface area contributed by atoms with Gasteiger partial charge in [-0.3, -0.25) is 9.59 Å². The van der Waals surface area contributed by atoms with E-state index in [1.54, 1.807) is 14.1 Å². The minimum absolute atomic E-state index is 0.0155. The lowest BCUT2D eigenvalue weighted by molar-refractivity contribution is -0.129. The SMILES string of the molecule is CC(N)CCCC(C)C(=O)NCCC(=O)N(C)C. The summed E-state index contributed by atoms with van der Waals surface area (Å²) in [6.45, 7) is 4.29. The summed E-state index contributed by atoms with van der Waals surface area (Å²) in [5.41, 5.74) is 5.65. The third-order valence-electron chi connectivity index (χ3n) is 2.88. The van der Waals surface area contributed by atoms with Gasteiger partial charge in [-0.05, 0) is 19.8 Å². The zero-order chi connectivity index (χ0) is 14.1. The van der Waals surface area contributed by atoms with Crippen LogP contribution in [-0.4, -0.2) is 43.4 Å². The number of nitrogens with one attached hydrogen (secondary N) is 1. The van der Waals surface area contributed by atoms with E-state index in [4.69, 9.17) is 5.73 Å². The van der Waals surface area contributed by atoms with Crippen LogP contribution in [0.3, 0.4) is 0 Å². The molecule has 2 amide bonds. The molecule has 0 aliphatic heterocycles. The first-order chi connectivity index (χ1) is 8.34. The smallest absolute Gasteiger partial charge is 0.223 e. The van der Waals surface area contributed by atoms with Crippen molar-refractivity contribution < 1.29 is 9.59 Å². The van der Waals surface area contributed by atoms with E-state index < -0.39 is 0 Å². The Hall–Kier alpha value is -1.10. The minimum atomic E-state index is -0.0155. The van der Waals surface area contributed by atoms with Crippen LogP contribution in [0.4, 0.5) is 0 Å². The van der Waals surface area contributed by atoms with Crippen molar-refractivity contribution in [1.82, 2.24) is 10.2 Å². The topological polar surface area (TPSA) is 75.4 Å². The largest absolute Gasteiger partial charge is 0.355 e. The quantitative estimate of drug-likeness (QED) is 0.673. The fourth-order valence-electron chi connectivity index (χ4n) is 1.57. The van der Waals surface area contributed by atoms with Gasteiger partial charge in [0.15, 0.2) is 0 Å². The van der Waals surface area contributed by atoms with Gasteiger partial charge in [0.1, 0.15) is 0 Å². The maximum absolute atomic E-state index is 11.7. The summed E-state index contributed by atoms with van der Waals surface area (Å²) >= 11 is 0. The first-order valence-corrected chi connectivity index (χ1v) is 6.58. The normalized spacial score (nSPS) is 13.8. The summed E-state index contributed by atoms with van der Waals surface area (Å²) in [6, 6.07) is 0.193. The predicted molar refractivity (Wildman–Crippen MR) is 73.0 cm³/mol. The van der Waals surface area contributed by atoms with E-state index in [1.165, 1.54) is 4.90 Å². The van der Waals surface area contributed by atoms with Crippen molar-refractivity contribution >= 4 is 11.8 Å². The fraction of sp³-hybridized carbons (Fsp3) is 0.846. The summed E-state index contributed by atoms with van der Waals surface area (Å²) in [4.78, 5) is 24.5. The molecule has 0 saturated heterocycles. The molecule has 0 aromatic carbocycles. The molecule has 0 aliphatic carbocycles. The number of rotatable bonds is 8. The standard InChI is InChI=1S/C13H27N3O2/c1-10(6-5-7-11(2)14)13(18)15-9-8-12(17)16(3)4/h10-11H,5-9,14H2,1-4H3,(H,15,18). The van der Waals surface area contributed by atoms with Gasteiger partial charge in [0.25, 0.3) is 0 Å². The minimum Gasteiger partial charge on any atom is -0.355 e. The summed E-state index contributed by atoms with van der Waals surface area (Å²) in [6.07, 6.45) is 3.10. The van der Waals surface area contributed by atoms with Crippen LogP contribution in [0.25, 0.3) is 0 Å². The molecule has 0 radical (unpaired) electrons. The van der Waals surface area contributed by atoms with Crippen molar-refractivity contribution in [2.45, 2.75) is 45.6 Å². The lowest BCUT2D eigenvalue weighted by atomic mass is 10.0. The van der Waals surface area contributed by atoms with Crippen molar-refractivity contribution in [1.29, 1.82) is 0 Å². The lowest BCUT2D eigenvalue weighted by Gasteiger charge is -2.14. The first kappa shape index (κ1) is 16.9. The van der Waals surface area contributed by atoms with Gasteiger partial charge in [0.05, 0.1) is 0 Å². The average Bonchev–Trinajstić information content (AvgIpc) is 2.27. The Kier molecular flexibility index (Phi) is 8.37. The summed E-state index contributed by atoms with van der Waals surface area (Å²) in [5.74, 6) is 0.0318. The Morgan fingerprint density at radius 1 is 1.22 bits per heavy atom. The van der Waals surface area contributed by atoms with E-state index >= 15 is 0 Å². The van der Waals surface area contributed by atoms with Gasteiger partial charge in [-0.1, -0.05) is 13.3 Å². The highest BCUT2D eigenvalue weighted by Gasteiger charge is 2.13. The lowest BCUT2D eigenvalue weighted by Crippen LogP contribution is -2.33. The van der Waals surface area contributed by atoms with Crippen molar-refractivity contribution in [2.75, 3.05) is 20.6 Å². The monoisotopic (exact) mass is 257 g/mol. The summed E-state index contributed by atoms with van der Waals surface area (Å²) in [7, 11) is 3.42. The highest BCUT2D eigenvalue weighted by Crippen LogP contribution is 2.08. The number of carbonyl (C=O) groups excluding carboxylic acids is 2. The summed E-state index contributed by atoms with van der Waals surface area (Å²) < 4.78 is 0. The van der Waals surface area contributed by atoms with Crippen molar-refractivity contribution in [3.63, 3.8) is 0 Å². The zero-order valence-electron chi connectivity index (χ0n) is 12.0. The van der Waals surface area contributed by atoms with E-state index in [9.17, 15) is 9.59 Å². The van der Waals surface area contributed by atoms with E-state index in [0.717, 1.165) is 19.3 Å². The Morgan fingerprint density at radius 3 is 2.33 bits per heavy atom. The second kappa shape index (κ2) is 8.91. The van der Waals surface area contributed by atoms with Crippen LogP contribution >= 0.6 is 0 Å². The van der Waals surface area contributed by atoms with Crippen LogP contribution in [0.15, 0.2) is 0 Å². The molecule has 0 spiro atoms. The molecule has 0 rings (SSSR count). The summed E-state index contributed by atoms with van der Waals surface area (Å²) in [5, 5.41) is 2.79. The van der Waals surface area contributed by atoms with Crippen LogP contribution in [0, 0.1) is 5.92 Å². The Morgan fingerprint density at radius 2 is 1.83 bits per heavy atom. The third-order valence-corrected chi connectivity index (χ3v) is 2.88. The average molecular weight is 257 g/mol. The molecule has 0 aromatic rings. The molecule has 2 unspecified atom stereocenters. The predicted octanol–water partition coefficient (Wildman–Crippen LogP) is 0.735. The van der Waals surface area contributed by atoms with E-state index in [-0.39, 0.29) is 23.8 Å². The number of nitrogens with zero attached hydrogens (tertiary/aromatic N) is 1. The number of hydrogen-bond acceptors (Lipinski definition) is 3. The fourth-order valence-corrected chi connectivity index (χ4v) is 1.57. The molecule has 5 heteroatoms. The molecule has 18 heavy (non-hydrogen) atoms. The van der Waals surface area contributed by atoms with Gasteiger partial charge in [-0.15, -0.1) is 0 Å². The molecule has 3 N–H and O–H groups in total. The molecule has 106 valence electrons. The Labute approximate surface area is 110 Å². The number of carbonyl (C=O) groups is 2. The second-order valence-electron chi connectivity index (χ2n) is 5.14. The molecule has 0 fully saturated rings. The van der Waals surface area contributed by atoms with Gasteiger partial charge in [-0.25, -0.2) is 0 Å². The van der Waals surface area contributed by atoms with Crippen molar-refractivity contribution in [2.24, 2.45) is 11.7 Å². The molecular formula is C13H27N3O2. The molecule has 2 atom stereocenters. The van der Waals surface area contributed by atoms with E-state index in [2.05, 4.69) is 5.32 Å². The van der Waals surface area contributed by atoms with Crippen LogP contribution in [-0.2, 0) is 9.59 Å². The first-order valence-electron chi connectivity index (χ1n) is 6.58. The van der Waals surface area contributed by atoms with E-state index in [1.807, 2.05) is 13.8 Å². The molecule has 0 bridgehead atoms. The van der Waals surface area contributed by atoms with Gasteiger partial charge in [0, 0.05) is 39.0 Å². The third kappa shape index (κ3) is 8.06. The van der Waals surface area contributed by atoms with Gasteiger partial charge in [-0.2, -0.15) is 0 Å². The molecule has 0 aliphatic rings. The Bertz CT molecular complexity index is 265. The Balaban J connectivity index is 3.71. The van der Waals surface area contributed by atoms with Gasteiger partial charge < -0.3 is 16.0 Å². The van der Waals surface area contributed by atoms with Crippen LogP contribution in [0.1, 0.15) is 39.5 Å². The van der Waals surface area contributed by atoms with E-state index in [0.29, 0.717) is 13.0 Å². The molecule has 0 heterocycles. The number of hydrogen-bond donors (Lipinski definition) is 2. The maximum atomic E-state index is 11.7. The maximum Gasteiger partial charge on any atom is 0.223 e.